The number of hydrogen-bond acceptors (Lipinski definition) is 6. The Balaban J connectivity index is 1.63. The molecule has 0 spiro atoms. The van der Waals surface area contributed by atoms with Gasteiger partial charge in [0.25, 0.3) is 5.91 Å². The maximum absolute atomic E-state index is 11.4. The molecule has 1 amide bonds. The Morgan fingerprint density at radius 2 is 1.71 bits per heavy atom. The number of nitrogens with zero attached hydrogens (tertiary/aromatic N) is 6. The molecule has 0 aliphatic carbocycles. The fourth-order valence-electron chi connectivity index (χ4n) is 3.79. The lowest BCUT2D eigenvalue weighted by Crippen LogP contribution is -1.97. The predicted octanol–water partition coefficient (Wildman–Crippen LogP) is 5.08. The quantitative estimate of drug-likeness (QED) is 0.399. The van der Waals surface area contributed by atoms with Gasteiger partial charge in [-0.05, 0) is 19.1 Å². The summed E-state index contributed by atoms with van der Waals surface area (Å²) < 4.78 is 1.94. The van der Waals surface area contributed by atoms with Crippen molar-refractivity contribution in [1.82, 2.24) is 19.7 Å². The third-order valence-corrected chi connectivity index (χ3v) is 6.00. The molecule has 150 valence electrons. The summed E-state index contributed by atoms with van der Waals surface area (Å²) in [7, 11) is 0. The van der Waals surface area contributed by atoms with E-state index in [0.29, 0.717) is 22.1 Å². The average molecular weight is 425 g/mol. The van der Waals surface area contributed by atoms with E-state index in [4.69, 9.17) is 9.97 Å². The predicted molar refractivity (Wildman–Crippen MR) is 122 cm³/mol. The van der Waals surface area contributed by atoms with Crippen molar-refractivity contribution < 1.29 is 4.79 Å². The Morgan fingerprint density at radius 3 is 2.48 bits per heavy atom. The lowest BCUT2D eigenvalue weighted by Gasteiger charge is -2.03. The Bertz CT molecular complexity index is 1560. The number of carbonyl (C=O) groups is 1. The lowest BCUT2D eigenvalue weighted by atomic mass is 10.2. The van der Waals surface area contributed by atoms with Gasteiger partial charge in [0.1, 0.15) is 22.2 Å². The minimum Gasteiger partial charge on any atom is -0.294 e. The number of thioether (sulfide) groups is 1. The summed E-state index contributed by atoms with van der Waals surface area (Å²) in [5, 5.41) is 14.3. The zero-order valence-corrected chi connectivity index (χ0v) is 17.2. The van der Waals surface area contributed by atoms with Gasteiger partial charge in [-0.15, -0.1) is 10.2 Å². The van der Waals surface area contributed by atoms with Gasteiger partial charge in [-0.25, -0.2) is 14.6 Å². The fourth-order valence-corrected chi connectivity index (χ4v) is 4.37. The highest BCUT2D eigenvalue weighted by atomic mass is 32.2. The van der Waals surface area contributed by atoms with Crippen molar-refractivity contribution in [3.8, 4) is 5.69 Å². The highest BCUT2D eigenvalue weighted by Gasteiger charge is 2.20. The largest absolute Gasteiger partial charge is 0.294 e. The van der Waals surface area contributed by atoms with E-state index < -0.39 is 0 Å². The number of nitrogens with one attached hydrogen (secondary N) is 1. The summed E-state index contributed by atoms with van der Waals surface area (Å²) in [5.74, 6) is 0.116. The van der Waals surface area contributed by atoms with Crippen LogP contribution >= 0.6 is 11.8 Å². The molecule has 1 aliphatic heterocycles. The molecule has 0 bridgehead atoms. The van der Waals surface area contributed by atoms with Crippen LogP contribution in [0.25, 0.3) is 38.7 Å². The number of H-pyrrole nitrogens is 1. The fraction of sp³-hybridized carbons (Fsp3) is 0.0909. The highest BCUT2D eigenvalue weighted by molar-refractivity contribution is 8.14. The van der Waals surface area contributed by atoms with Gasteiger partial charge in [0, 0.05) is 10.8 Å². The number of aromatic amines is 1. The van der Waals surface area contributed by atoms with Crippen LogP contribution in [-0.4, -0.2) is 36.6 Å². The molecule has 3 aromatic carbocycles. The second-order valence-corrected chi connectivity index (χ2v) is 8.11. The number of benzene rings is 2. The number of carbonyl (C=O) groups excluding carboxylic acids is 1. The second-order valence-electron chi connectivity index (χ2n) is 7.17. The molecular weight excluding hydrogens is 410 g/mol. The first-order valence-electron chi connectivity index (χ1n) is 9.70. The molecule has 0 unspecified atom stereocenters. The molecule has 1 N–H and O–H groups in total. The average Bonchev–Trinajstić information content (AvgIpc) is 3.46. The Labute approximate surface area is 180 Å². The number of aryl methyl sites for hydroxylation is 1. The zero-order valence-electron chi connectivity index (χ0n) is 16.4. The number of hydrogen-bond donors (Lipinski definition) is 1. The lowest BCUT2D eigenvalue weighted by molar-refractivity contribution is -0.115. The van der Waals surface area contributed by atoms with E-state index in [0.717, 1.165) is 38.8 Å². The van der Waals surface area contributed by atoms with Crippen LogP contribution in [-0.2, 0) is 4.79 Å². The molecule has 31 heavy (non-hydrogen) atoms. The van der Waals surface area contributed by atoms with E-state index in [1.54, 1.807) is 0 Å². The van der Waals surface area contributed by atoms with Crippen LogP contribution in [0.1, 0.15) is 5.69 Å². The number of aliphatic imine (C=N–C) groups is 1. The van der Waals surface area contributed by atoms with E-state index in [-0.39, 0.29) is 5.91 Å². The summed E-state index contributed by atoms with van der Waals surface area (Å²) in [6.45, 7) is 1.97. The van der Waals surface area contributed by atoms with Crippen molar-refractivity contribution in [3.05, 3.63) is 60.3 Å². The number of para-hydroxylation sites is 1. The van der Waals surface area contributed by atoms with E-state index in [9.17, 15) is 4.79 Å². The van der Waals surface area contributed by atoms with Crippen LogP contribution in [0.3, 0.4) is 0 Å². The molecule has 0 atom stereocenters. The number of rotatable bonds is 2. The molecule has 0 saturated heterocycles. The molecule has 6 rings (SSSR count). The van der Waals surface area contributed by atoms with E-state index >= 15 is 0 Å². The van der Waals surface area contributed by atoms with E-state index in [1.165, 1.54) is 11.8 Å². The van der Waals surface area contributed by atoms with Gasteiger partial charge in [0.05, 0.1) is 17.1 Å². The molecule has 0 fully saturated rings. The van der Waals surface area contributed by atoms with Crippen LogP contribution in [0.4, 0.5) is 5.69 Å². The molecule has 5 aromatic rings. The smallest absolute Gasteiger partial charge is 0.258 e. The Kier molecular flexibility index (Phi) is 3.97. The third kappa shape index (κ3) is 2.85. The number of aromatic nitrogens is 4. The monoisotopic (exact) mass is 425 g/mol. The van der Waals surface area contributed by atoms with Gasteiger partial charge in [-0.3, -0.25) is 9.89 Å². The van der Waals surface area contributed by atoms with Gasteiger partial charge >= 0.3 is 0 Å². The third-order valence-electron chi connectivity index (χ3n) is 5.18. The van der Waals surface area contributed by atoms with E-state index in [2.05, 4.69) is 20.3 Å². The maximum atomic E-state index is 11.4. The summed E-state index contributed by atoms with van der Waals surface area (Å²) in [5.41, 5.74) is 5.47. The standard InChI is InChI=1S/C22H15N7OS/c1-12-17-21(29(28-12)13-7-3-2-4-8-13)25-18-14-9-5-6-10-15(14)19(20(18)24-17)26-27-22-23-16(30)11-31-22/h2-10,28H,11H2,1H3. The summed E-state index contributed by atoms with van der Waals surface area (Å²) in [6, 6.07) is 17.9. The highest BCUT2D eigenvalue weighted by Crippen LogP contribution is 2.39. The SMILES string of the molecule is Cc1[nH]n(-c2ccccc2)c2nc3c(nc12)c(N=NC1=NC(=O)CS1)c1ccccc13. The number of azo groups is 1. The molecular formula is C22H15N7OS. The molecule has 8 nitrogen and oxygen atoms in total. The topological polar surface area (TPSA) is 101 Å². The Hall–Kier alpha value is -3.85. The van der Waals surface area contributed by atoms with Crippen LogP contribution in [0.2, 0.25) is 0 Å². The van der Waals surface area contributed by atoms with Crippen molar-refractivity contribution in [3.63, 3.8) is 0 Å². The van der Waals surface area contributed by atoms with Gasteiger partial charge < -0.3 is 0 Å². The van der Waals surface area contributed by atoms with Crippen LogP contribution in [0.15, 0.2) is 69.8 Å². The number of fused-ring (bicyclic) bond motifs is 4. The van der Waals surface area contributed by atoms with Crippen molar-refractivity contribution in [2.24, 2.45) is 15.2 Å². The van der Waals surface area contributed by atoms with Crippen molar-refractivity contribution >= 4 is 61.5 Å². The van der Waals surface area contributed by atoms with Gasteiger partial charge in [0.15, 0.2) is 5.65 Å². The molecule has 0 radical (unpaired) electrons. The normalized spacial score (nSPS) is 14.5. The number of amidine groups is 1. The van der Waals surface area contributed by atoms with Gasteiger partial charge in [0.2, 0.25) is 5.17 Å². The molecule has 1 aliphatic rings. The molecule has 2 aromatic heterocycles. The van der Waals surface area contributed by atoms with Crippen LogP contribution < -0.4 is 0 Å². The van der Waals surface area contributed by atoms with Gasteiger partial charge in [-0.1, -0.05) is 54.2 Å². The van der Waals surface area contributed by atoms with Crippen molar-refractivity contribution in [1.29, 1.82) is 0 Å². The Morgan fingerprint density at radius 1 is 0.935 bits per heavy atom. The molecule has 0 saturated carbocycles. The minimum absolute atomic E-state index is 0.189. The minimum atomic E-state index is -0.189. The number of amides is 1. The first kappa shape index (κ1) is 18.0. The first-order chi connectivity index (χ1) is 15.2. The maximum Gasteiger partial charge on any atom is 0.258 e. The summed E-state index contributed by atoms with van der Waals surface area (Å²) in [4.78, 5) is 25.2. The zero-order chi connectivity index (χ0) is 20.9. The molecule has 9 heteroatoms. The van der Waals surface area contributed by atoms with Crippen LogP contribution in [0, 0.1) is 6.92 Å². The second kappa shape index (κ2) is 6.85. The first-order valence-corrected chi connectivity index (χ1v) is 10.7. The summed E-state index contributed by atoms with van der Waals surface area (Å²) in [6.07, 6.45) is 0. The van der Waals surface area contributed by atoms with Crippen LogP contribution in [0.5, 0.6) is 0 Å². The van der Waals surface area contributed by atoms with Crippen molar-refractivity contribution in [2.45, 2.75) is 6.92 Å². The van der Waals surface area contributed by atoms with E-state index in [1.807, 2.05) is 66.2 Å². The summed E-state index contributed by atoms with van der Waals surface area (Å²) >= 11 is 1.28. The van der Waals surface area contributed by atoms with Crippen molar-refractivity contribution in [2.75, 3.05) is 5.75 Å². The van der Waals surface area contributed by atoms with Gasteiger partial charge in [-0.2, -0.15) is 4.99 Å². The molecule has 3 heterocycles.